The summed E-state index contributed by atoms with van der Waals surface area (Å²) < 4.78 is 50.6. The van der Waals surface area contributed by atoms with Gasteiger partial charge in [-0.05, 0) is 50.1 Å². The monoisotopic (exact) mass is 527 g/mol. The van der Waals surface area contributed by atoms with Gasteiger partial charge in [0.2, 0.25) is 0 Å². The third kappa shape index (κ3) is 4.24. The molecule has 2 atom stereocenters. The second kappa shape index (κ2) is 8.99. The molecule has 1 saturated heterocycles. The fourth-order valence-electron chi connectivity index (χ4n) is 5.53. The van der Waals surface area contributed by atoms with Crippen molar-refractivity contribution in [2.24, 2.45) is 0 Å². The zero-order valence-corrected chi connectivity index (χ0v) is 21.1. The quantitative estimate of drug-likeness (QED) is 0.298. The van der Waals surface area contributed by atoms with Gasteiger partial charge in [-0.2, -0.15) is 5.10 Å². The third-order valence-corrected chi connectivity index (χ3v) is 7.89. The van der Waals surface area contributed by atoms with E-state index < -0.39 is 23.8 Å². The Hall–Kier alpha value is -3.17. The van der Waals surface area contributed by atoms with Gasteiger partial charge in [-0.15, -0.1) is 0 Å². The highest BCUT2D eigenvalue weighted by Gasteiger charge is 2.42. The van der Waals surface area contributed by atoms with E-state index in [1.807, 2.05) is 10.9 Å². The van der Waals surface area contributed by atoms with Gasteiger partial charge < -0.3 is 9.64 Å². The minimum Gasteiger partial charge on any atom is -0.378 e. The highest BCUT2D eigenvalue weighted by atomic mass is 35.5. The van der Waals surface area contributed by atoms with Crippen LogP contribution in [0.2, 0.25) is 5.02 Å². The Kier molecular flexibility index (Phi) is 5.88. The average molecular weight is 528 g/mol. The lowest BCUT2D eigenvalue weighted by Gasteiger charge is -2.43. The number of nitrogens with zero attached hydrogens (tertiary/aromatic N) is 5. The lowest BCUT2D eigenvalue weighted by Crippen LogP contribution is -2.43. The van der Waals surface area contributed by atoms with Crippen molar-refractivity contribution in [3.8, 4) is 11.1 Å². The molecular weight excluding hydrogens is 503 g/mol. The molecule has 0 N–H and O–H groups in total. The minimum atomic E-state index is -1.21. The Morgan fingerprint density at radius 1 is 1.14 bits per heavy atom. The first-order valence-electron chi connectivity index (χ1n) is 12.2. The number of methoxy groups -OCH3 is 1. The van der Waals surface area contributed by atoms with E-state index in [2.05, 4.69) is 17.0 Å². The van der Waals surface area contributed by atoms with Crippen LogP contribution in [0.4, 0.5) is 19.0 Å². The third-order valence-electron chi connectivity index (χ3n) is 7.61. The van der Waals surface area contributed by atoms with Crippen LogP contribution in [0.5, 0.6) is 0 Å². The number of ether oxygens (including phenoxy) is 1. The molecule has 1 saturated carbocycles. The van der Waals surface area contributed by atoms with E-state index in [0.717, 1.165) is 36.6 Å². The number of anilines is 1. The van der Waals surface area contributed by atoms with Gasteiger partial charge in [0.1, 0.15) is 29.1 Å². The largest absolute Gasteiger partial charge is 0.378 e. The SMILES string of the molecule is COC1(C)CC(n2cc(-c3c(Cl)cnc4ccc(N5C[C@@H](F)C[C@@H]5c5cc(F)ccc5F)nc34)cn2)C1. The molecule has 6 nitrogen and oxygen atoms in total. The van der Waals surface area contributed by atoms with Crippen molar-refractivity contribution in [3.05, 3.63) is 71.1 Å². The number of pyridine rings is 2. The molecule has 10 heteroatoms. The van der Waals surface area contributed by atoms with Crippen LogP contribution in [0.25, 0.3) is 22.2 Å². The first-order valence-corrected chi connectivity index (χ1v) is 12.5. The van der Waals surface area contributed by atoms with Gasteiger partial charge in [0.25, 0.3) is 0 Å². The Balaban J connectivity index is 1.39. The molecule has 6 rings (SSSR count). The van der Waals surface area contributed by atoms with Crippen LogP contribution in [-0.2, 0) is 4.74 Å². The molecule has 0 unspecified atom stereocenters. The molecule has 1 aliphatic carbocycles. The second-order valence-electron chi connectivity index (χ2n) is 10.1. The maximum absolute atomic E-state index is 14.6. The van der Waals surface area contributed by atoms with Crippen LogP contribution in [-0.4, -0.2) is 45.2 Å². The van der Waals surface area contributed by atoms with Crippen LogP contribution in [0.1, 0.15) is 43.8 Å². The van der Waals surface area contributed by atoms with Gasteiger partial charge in [0, 0.05) is 42.6 Å². The van der Waals surface area contributed by atoms with E-state index >= 15 is 0 Å². The van der Waals surface area contributed by atoms with E-state index in [4.69, 9.17) is 21.3 Å². The summed E-state index contributed by atoms with van der Waals surface area (Å²) in [6, 6.07) is 6.28. The van der Waals surface area contributed by atoms with Crippen LogP contribution in [0.15, 0.2) is 48.9 Å². The molecule has 1 aromatic carbocycles. The molecule has 0 amide bonds. The normalized spacial score (nSPS) is 25.6. The minimum absolute atomic E-state index is 0.0142. The van der Waals surface area contributed by atoms with Crippen molar-refractivity contribution in [2.75, 3.05) is 18.6 Å². The Morgan fingerprint density at radius 3 is 2.73 bits per heavy atom. The smallest absolute Gasteiger partial charge is 0.130 e. The van der Waals surface area contributed by atoms with Gasteiger partial charge in [-0.1, -0.05) is 11.6 Å². The molecule has 0 spiro atoms. The Morgan fingerprint density at radius 2 is 1.95 bits per heavy atom. The van der Waals surface area contributed by atoms with Crippen LogP contribution >= 0.6 is 11.6 Å². The lowest BCUT2D eigenvalue weighted by molar-refractivity contribution is -0.0875. The first-order chi connectivity index (χ1) is 17.7. The molecule has 4 aromatic rings. The van der Waals surface area contributed by atoms with Crippen molar-refractivity contribution < 1.29 is 17.9 Å². The van der Waals surface area contributed by atoms with Crippen LogP contribution in [0.3, 0.4) is 0 Å². The summed E-state index contributed by atoms with van der Waals surface area (Å²) >= 11 is 6.62. The average Bonchev–Trinajstić information content (AvgIpc) is 3.50. The number of rotatable bonds is 5. The van der Waals surface area contributed by atoms with Gasteiger partial charge in [-0.25, -0.2) is 18.2 Å². The number of benzene rings is 1. The van der Waals surface area contributed by atoms with E-state index in [0.29, 0.717) is 27.4 Å². The number of aromatic nitrogens is 4. The van der Waals surface area contributed by atoms with Crippen molar-refractivity contribution in [3.63, 3.8) is 0 Å². The molecule has 2 aliphatic rings. The summed E-state index contributed by atoms with van der Waals surface area (Å²) in [5.74, 6) is -0.712. The standard InChI is InChI=1S/C27H25ClF3N5O/c1-27(37-2)9-18(10-27)36-13-15(11-33-36)25-20(28)12-32-22-5-6-24(34-26(22)25)35-14-17(30)8-23(35)19-7-16(29)3-4-21(19)31/h3-7,11-13,17-18,23H,8-10,14H2,1-2H3/t17-,18?,23+,27?/m0/s1. The number of alkyl halides is 1. The maximum atomic E-state index is 14.6. The molecule has 37 heavy (non-hydrogen) atoms. The van der Waals surface area contributed by atoms with Crippen molar-refractivity contribution in [1.29, 1.82) is 0 Å². The summed E-state index contributed by atoms with van der Waals surface area (Å²) in [5, 5.41) is 4.97. The van der Waals surface area contributed by atoms with E-state index in [1.165, 1.54) is 0 Å². The fourth-order valence-corrected chi connectivity index (χ4v) is 5.78. The van der Waals surface area contributed by atoms with E-state index in [1.54, 1.807) is 36.5 Å². The maximum Gasteiger partial charge on any atom is 0.130 e. The van der Waals surface area contributed by atoms with Crippen LogP contribution in [0, 0.1) is 11.6 Å². The lowest BCUT2D eigenvalue weighted by atomic mass is 9.77. The molecule has 4 heterocycles. The molecule has 2 fully saturated rings. The summed E-state index contributed by atoms with van der Waals surface area (Å²) in [6.45, 7) is 2.09. The number of halogens is 4. The van der Waals surface area contributed by atoms with Crippen molar-refractivity contribution >= 4 is 28.5 Å². The molecule has 192 valence electrons. The summed E-state index contributed by atoms with van der Waals surface area (Å²) in [4.78, 5) is 10.9. The predicted molar refractivity (Wildman–Crippen MR) is 135 cm³/mol. The topological polar surface area (TPSA) is 56.1 Å². The predicted octanol–water partition coefficient (Wildman–Crippen LogP) is 6.45. The number of fused-ring (bicyclic) bond motifs is 1. The Labute approximate surface area is 217 Å². The first kappa shape index (κ1) is 24.2. The highest BCUT2D eigenvalue weighted by Crippen LogP contribution is 2.44. The zero-order valence-electron chi connectivity index (χ0n) is 20.3. The molecular formula is C27H25ClF3N5O. The molecule has 1 aliphatic heterocycles. The van der Waals surface area contributed by atoms with Gasteiger partial charge in [-0.3, -0.25) is 9.67 Å². The zero-order chi connectivity index (χ0) is 25.9. The van der Waals surface area contributed by atoms with Crippen molar-refractivity contribution in [1.82, 2.24) is 19.7 Å². The van der Waals surface area contributed by atoms with Crippen LogP contribution < -0.4 is 4.90 Å². The highest BCUT2D eigenvalue weighted by molar-refractivity contribution is 6.34. The van der Waals surface area contributed by atoms with E-state index in [9.17, 15) is 13.2 Å². The number of hydrogen-bond acceptors (Lipinski definition) is 5. The fraction of sp³-hybridized carbons (Fsp3) is 0.370. The number of hydrogen-bond donors (Lipinski definition) is 0. The molecule has 3 aromatic heterocycles. The van der Waals surface area contributed by atoms with Crippen molar-refractivity contribution in [2.45, 2.75) is 50.0 Å². The summed E-state index contributed by atoms with van der Waals surface area (Å²) in [6.07, 6.45) is 5.80. The molecule has 0 radical (unpaired) electrons. The summed E-state index contributed by atoms with van der Waals surface area (Å²) in [7, 11) is 1.72. The molecule has 0 bridgehead atoms. The van der Waals surface area contributed by atoms with Gasteiger partial charge in [0.05, 0.1) is 41.0 Å². The Bertz CT molecular complexity index is 1490. The van der Waals surface area contributed by atoms with Gasteiger partial charge in [0.15, 0.2) is 0 Å². The second-order valence-corrected chi connectivity index (χ2v) is 10.5. The van der Waals surface area contributed by atoms with Gasteiger partial charge >= 0.3 is 0 Å². The summed E-state index contributed by atoms with van der Waals surface area (Å²) in [5.41, 5.74) is 2.55. The van der Waals surface area contributed by atoms with E-state index in [-0.39, 0.29) is 30.2 Å².